The average Bonchev–Trinajstić information content (AvgIpc) is 3.17. The van der Waals surface area contributed by atoms with Gasteiger partial charge in [-0.3, -0.25) is 0 Å². The Labute approximate surface area is 146 Å². The summed E-state index contributed by atoms with van der Waals surface area (Å²) in [6.45, 7) is 4.17. The fourth-order valence-corrected chi connectivity index (χ4v) is 3.18. The van der Waals surface area contributed by atoms with Crippen LogP contribution in [0, 0.1) is 6.92 Å². The minimum Gasteiger partial charge on any atom is -0.393 e. The number of anilines is 2. The molecule has 1 fully saturated rings. The van der Waals surface area contributed by atoms with Crippen molar-refractivity contribution in [3.63, 3.8) is 0 Å². The van der Waals surface area contributed by atoms with Crippen LogP contribution in [0.5, 0.6) is 0 Å². The highest BCUT2D eigenvalue weighted by Crippen LogP contribution is 2.31. The van der Waals surface area contributed by atoms with E-state index in [0.29, 0.717) is 24.7 Å². The Hall–Kier alpha value is -2.93. The summed E-state index contributed by atoms with van der Waals surface area (Å²) in [7, 11) is 0. The number of aromatic nitrogens is 4. The van der Waals surface area contributed by atoms with Gasteiger partial charge in [0, 0.05) is 25.5 Å². The van der Waals surface area contributed by atoms with E-state index in [4.69, 9.17) is 10.5 Å². The monoisotopic (exact) mass is 336 g/mol. The van der Waals surface area contributed by atoms with Crippen molar-refractivity contribution < 1.29 is 4.74 Å². The first kappa shape index (κ1) is 15.6. The van der Waals surface area contributed by atoms with Crippen LogP contribution in [0.2, 0.25) is 0 Å². The molecule has 2 aromatic heterocycles. The van der Waals surface area contributed by atoms with Crippen LogP contribution in [0.4, 0.5) is 11.5 Å². The average molecular weight is 336 g/mol. The summed E-state index contributed by atoms with van der Waals surface area (Å²) in [6.07, 6.45) is 5.04. The minimum absolute atomic E-state index is 0.00234. The van der Waals surface area contributed by atoms with Crippen molar-refractivity contribution in [1.29, 1.82) is 0 Å². The van der Waals surface area contributed by atoms with E-state index < -0.39 is 0 Å². The summed E-state index contributed by atoms with van der Waals surface area (Å²) in [4.78, 5) is 10.8. The molecule has 25 heavy (non-hydrogen) atoms. The number of hydrogen-bond donors (Lipinski definition) is 1. The quantitative estimate of drug-likeness (QED) is 0.789. The Morgan fingerprint density at radius 3 is 2.80 bits per heavy atom. The molecule has 2 N–H and O–H groups in total. The van der Waals surface area contributed by atoms with Gasteiger partial charge in [0.15, 0.2) is 11.6 Å². The van der Waals surface area contributed by atoms with Crippen molar-refractivity contribution in [3.05, 3.63) is 60.2 Å². The number of nitrogens with two attached hydrogens (primary N) is 1. The van der Waals surface area contributed by atoms with Crippen molar-refractivity contribution in [2.45, 2.75) is 13.0 Å². The van der Waals surface area contributed by atoms with Crippen molar-refractivity contribution >= 4 is 11.5 Å². The number of aryl methyl sites for hydroxylation is 1. The van der Waals surface area contributed by atoms with Crippen LogP contribution in [0.1, 0.15) is 17.2 Å². The third-order valence-electron chi connectivity index (χ3n) is 4.46. The van der Waals surface area contributed by atoms with E-state index in [1.807, 2.05) is 24.4 Å². The maximum Gasteiger partial charge on any atom is 0.181 e. The topological polar surface area (TPSA) is 82.1 Å². The van der Waals surface area contributed by atoms with Gasteiger partial charge in [0.2, 0.25) is 0 Å². The second-order valence-electron chi connectivity index (χ2n) is 6.05. The Bertz CT molecular complexity index is 864. The van der Waals surface area contributed by atoms with E-state index in [9.17, 15) is 0 Å². The van der Waals surface area contributed by atoms with E-state index in [-0.39, 0.29) is 6.10 Å². The highest BCUT2D eigenvalue weighted by atomic mass is 16.5. The van der Waals surface area contributed by atoms with Gasteiger partial charge in [-0.05, 0) is 24.1 Å². The summed E-state index contributed by atoms with van der Waals surface area (Å²) >= 11 is 0. The number of morpholine rings is 1. The summed E-state index contributed by atoms with van der Waals surface area (Å²) in [5, 5.41) is 4.21. The molecule has 1 atom stereocenters. The van der Waals surface area contributed by atoms with E-state index >= 15 is 0 Å². The fourth-order valence-electron chi connectivity index (χ4n) is 3.18. The van der Waals surface area contributed by atoms with Gasteiger partial charge in [-0.1, -0.05) is 24.3 Å². The molecule has 1 aromatic carbocycles. The van der Waals surface area contributed by atoms with Crippen LogP contribution in [-0.2, 0) is 4.74 Å². The number of ether oxygens (including phenoxy) is 1. The molecule has 0 aliphatic carbocycles. The Balaban J connectivity index is 1.64. The predicted molar refractivity (Wildman–Crippen MR) is 95.7 cm³/mol. The molecule has 3 aromatic rings. The molecule has 1 saturated heterocycles. The second kappa shape index (κ2) is 6.52. The van der Waals surface area contributed by atoms with Crippen LogP contribution < -0.4 is 10.6 Å². The van der Waals surface area contributed by atoms with E-state index in [2.05, 4.69) is 39.0 Å². The molecule has 0 saturated carbocycles. The van der Waals surface area contributed by atoms with Crippen LogP contribution >= 0.6 is 0 Å². The second-order valence-corrected chi connectivity index (χ2v) is 6.05. The van der Waals surface area contributed by atoms with Crippen LogP contribution in [-0.4, -0.2) is 39.4 Å². The third-order valence-corrected chi connectivity index (χ3v) is 4.46. The van der Waals surface area contributed by atoms with Gasteiger partial charge in [-0.25, -0.2) is 14.6 Å². The van der Waals surface area contributed by atoms with Crippen LogP contribution in [0.15, 0.2) is 49.1 Å². The lowest BCUT2D eigenvalue weighted by atomic mass is 10.0. The number of nitrogens with zero attached hydrogens (tertiary/aromatic N) is 5. The van der Waals surface area contributed by atoms with Gasteiger partial charge >= 0.3 is 0 Å². The molecule has 4 rings (SSSR count). The van der Waals surface area contributed by atoms with E-state index in [1.165, 1.54) is 17.5 Å². The van der Waals surface area contributed by atoms with Crippen molar-refractivity contribution in [3.8, 4) is 5.82 Å². The Morgan fingerprint density at radius 1 is 1.16 bits per heavy atom. The molecule has 3 heterocycles. The zero-order valence-corrected chi connectivity index (χ0v) is 14.0. The maximum absolute atomic E-state index is 6.35. The van der Waals surface area contributed by atoms with Gasteiger partial charge in [-0.15, -0.1) is 0 Å². The molecule has 0 unspecified atom stereocenters. The number of hydrogen-bond acceptors (Lipinski definition) is 6. The number of nitrogen functional groups attached to an aromatic ring is 1. The molecule has 7 heteroatoms. The van der Waals surface area contributed by atoms with E-state index in [0.717, 1.165) is 12.4 Å². The standard InChI is InChI=1S/C18H20N6O/c1-13-5-2-3-6-14(13)15-11-23(9-10-25-15)17-16(19)18(21-12-20-17)24-8-4-7-22-24/h2-8,12,15H,9-11,19H2,1H3/t15-/m1/s1. The van der Waals surface area contributed by atoms with Gasteiger partial charge in [0.25, 0.3) is 0 Å². The predicted octanol–water partition coefficient (Wildman–Crippen LogP) is 2.13. The SMILES string of the molecule is Cc1ccccc1[C@H]1CN(c2ncnc(-n3cccn3)c2N)CCO1. The van der Waals surface area contributed by atoms with Crippen molar-refractivity contribution in [2.24, 2.45) is 0 Å². The lowest BCUT2D eigenvalue weighted by Gasteiger charge is -2.35. The zero-order chi connectivity index (χ0) is 17.2. The van der Waals surface area contributed by atoms with Gasteiger partial charge in [0.05, 0.1) is 6.61 Å². The molecule has 1 aliphatic rings. The molecular weight excluding hydrogens is 316 g/mol. The van der Waals surface area contributed by atoms with Gasteiger partial charge in [0.1, 0.15) is 18.1 Å². The molecule has 128 valence electrons. The largest absolute Gasteiger partial charge is 0.393 e. The molecule has 7 nitrogen and oxygen atoms in total. The number of rotatable bonds is 3. The minimum atomic E-state index is -0.00234. The number of benzene rings is 1. The lowest BCUT2D eigenvalue weighted by Crippen LogP contribution is -2.39. The highest BCUT2D eigenvalue weighted by Gasteiger charge is 2.26. The summed E-state index contributed by atoms with van der Waals surface area (Å²) in [5.74, 6) is 1.32. The molecule has 0 amide bonds. The first-order valence-electron chi connectivity index (χ1n) is 8.26. The van der Waals surface area contributed by atoms with Gasteiger partial charge in [-0.2, -0.15) is 5.10 Å². The smallest absolute Gasteiger partial charge is 0.181 e. The first-order valence-corrected chi connectivity index (χ1v) is 8.26. The summed E-state index contributed by atoms with van der Waals surface area (Å²) in [5.41, 5.74) is 9.30. The molecule has 0 radical (unpaired) electrons. The first-order chi connectivity index (χ1) is 12.2. The molecule has 0 spiro atoms. The maximum atomic E-state index is 6.35. The molecule has 0 bridgehead atoms. The van der Waals surface area contributed by atoms with Gasteiger partial charge < -0.3 is 15.4 Å². The molecule has 1 aliphatic heterocycles. The van der Waals surface area contributed by atoms with E-state index in [1.54, 1.807) is 10.9 Å². The zero-order valence-electron chi connectivity index (χ0n) is 14.0. The van der Waals surface area contributed by atoms with Crippen LogP contribution in [0.3, 0.4) is 0 Å². The van der Waals surface area contributed by atoms with Crippen molar-refractivity contribution in [1.82, 2.24) is 19.7 Å². The third kappa shape index (κ3) is 2.94. The summed E-state index contributed by atoms with van der Waals surface area (Å²) < 4.78 is 7.65. The lowest BCUT2D eigenvalue weighted by molar-refractivity contribution is 0.0392. The summed E-state index contributed by atoms with van der Waals surface area (Å²) in [6, 6.07) is 10.1. The Morgan fingerprint density at radius 2 is 2.00 bits per heavy atom. The van der Waals surface area contributed by atoms with Crippen molar-refractivity contribution in [2.75, 3.05) is 30.3 Å². The Kier molecular flexibility index (Phi) is 4.07. The van der Waals surface area contributed by atoms with Crippen LogP contribution in [0.25, 0.3) is 5.82 Å². The highest BCUT2D eigenvalue weighted by molar-refractivity contribution is 5.70. The fraction of sp³-hybridized carbons (Fsp3) is 0.278. The molecular formula is C18H20N6O. The normalized spacial score (nSPS) is 17.6.